The van der Waals surface area contributed by atoms with Gasteiger partial charge in [0.1, 0.15) is 24.1 Å². The molecule has 11 heteroatoms. The molecule has 2 saturated heterocycles. The standard InChI is InChI=1S/C32H38N6O5/c1-18-10-21(22-15-33-20(3)34-16-22)11-24-28(19(2)39)36-37(29(18)24)17-27(40)38-25(13-31(4)14-26(31)38)30(41)35-23-6-5-7-32(12-23)42-8-9-43-32/h10-11,15-16,23,25-26H,5-9,12-14,17H2,1-4H3,(H,35,41)/t23?,25-,26+,31-/m0/s1. The van der Waals surface area contributed by atoms with E-state index in [1.807, 2.05) is 26.0 Å². The van der Waals surface area contributed by atoms with Crippen molar-refractivity contribution in [3.05, 3.63) is 41.6 Å². The summed E-state index contributed by atoms with van der Waals surface area (Å²) < 4.78 is 13.4. The third-order valence-electron chi connectivity index (χ3n) is 9.82. The highest BCUT2D eigenvalue weighted by Crippen LogP contribution is 2.59. The van der Waals surface area contributed by atoms with E-state index in [9.17, 15) is 14.4 Å². The second kappa shape index (κ2) is 10.2. The number of hydrogen-bond acceptors (Lipinski definition) is 8. The lowest BCUT2D eigenvalue weighted by Gasteiger charge is -2.37. The minimum Gasteiger partial charge on any atom is -0.351 e. The van der Waals surface area contributed by atoms with Gasteiger partial charge >= 0.3 is 0 Å². The van der Waals surface area contributed by atoms with Crippen molar-refractivity contribution in [2.24, 2.45) is 5.41 Å². The van der Waals surface area contributed by atoms with Crippen molar-refractivity contribution >= 4 is 28.5 Å². The van der Waals surface area contributed by atoms with Gasteiger partial charge in [0.15, 0.2) is 11.6 Å². The highest BCUT2D eigenvalue weighted by molar-refractivity contribution is 6.07. The molecule has 2 amide bonds. The van der Waals surface area contributed by atoms with Gasteiger partial charge in [-0.1, -0.05) is 6.92 Å². The van der Waals surface area contributed by atoms with Gasteiger partial charge in [-0.3, -0.25) is 19.1 Å². The molecule has 4 aliphatic rings. The Morgan fingerprint density at radius 2 is 1.79 bits per heavy atom. The molecule has 4 heterocycles. The van der Waals surface area contributed by atoms with Crippen molar-refractivity contribution in [1.29, 1.82) is 0 Å². The lowest BCUT2D eigenvalue weighted by Crippen LogP contribution is -2.53. The number of Topliss-reactive ketones (excluding diaryl/α,β-unsaturated/α-hetero) is 1. The second-order valence-corrected chi connectivity index (χ2v) is 13.1. The number of aromatic nitrogens is 4. The number of nitrogens with one attached hydrogen (secondary N) is 1. The first-order valence-electron chi connectivity index (χ1n) is 15.3. The molecule has 226 valence electrons. The van der Waals surface area contributed by atoms with Crippen LogP contribution in [0.25, 0.3) is 22.0 Å². The van der Waals surface area contributed by atoms with Crippen LogP contribution in [0, 0.1) is 19.3 Å². The van der Waals surface area contributed by atoms with Gasteiger partial charge in [0.2, 0.25) is 11.8 Å². The highest BCUT2D eigenvalue weighted by Gasteiger charge is 2.64. The average Bonchev–Trinajstić information content (AvgIpc) is 3.27. The molecule has 4 atom stereocenters. The van der Waals surface area contributed by atoms with Crippen LogP contribution in [0.4, 0.5) is 0 Å². The van der Waals surface area contributed by atoms with E-state index in [0.29, 0.717) is 43.0 Å². The number of carbonyl (C=O) groups excluding carboxylic acids is 3. The fourth-order valence-corrected chi connectivity index (χ4v) is 7.56. The number of piperidine rings is 1. The summed E-state index contributed by atoms with van der Waals surface area (Å²) in [5, 5.41) is 8.55. The Labute approximate surface area is 250 Å². The third kappa shape index (κ3) is 4.92. The van der Waals surface area contributed by atoms with E-state index in [4.69, 9.17) is 9.47 Å². The van der Waals surface area contributed by atoms with Crippen LogP contribution >= 0.6 is 0 Å². The molecule has 1 unspecified atom stereocenters. The zero-order valence-electron chi connectivity index (χ0n) is 25.2. The number of hydrogen-bond donors (Lipinski definition) is 1. The zero-order valence-corrected chi connectivity index (χ0v) is 25.2. The summed E-state index contributed by atoms with van der Waals surface area (Å²) in [4.78, 5) is 50.8. The normalized spacial score (nSPS) is 27.4. The van der Waals surface area contributed by atoms with Crippen molar-refractivity contribution in [3.63, 3.8) is 0 Å². The lowest BCUT2D eigenvalue weighted by molar-refractivity contribution is -0.182. The minimum absolute atomic E-state index is 0.0262. The van der Waals surface area contributed by atoms with Gasteiger partial charge in [-0.15, -0.1) is 0 Å². The largest absolute Gasteiger partial charge is 0.351 e. The fourth-order valence-electron chi connectivity index (χ4n) is 7.56. The van der Waals surface area contributed by atoms with Gasteiger partial charge in [0.05, 0.1) is 18.7 Å². The van der Waals surface area contributed by atoms with Crippen LogP contribution in [0.1, 0.15) is 74.2 Å². The number of benzene rings is 1. The zero-order chi connectivity index (χ0) is 30.1. The predicted molar refractivity (Wildman–Crippen MR) is 157 cm³/mol. The summed E-state index contributed by atoms with van der Waals surface area (Å²) in [5.74, 6) is -0.365. The first kappa shape index (κ1) is 28.1. The average molecular weight is 587 g/mol. The molecule has 0 radical (unpaired) electrons. The molecule has 1 spiro atoms. The molecule has 2 saturated carbocycles. The first-order valence-corrected chi connectivity index (χ1v) is 15.3. The van der Waals surface area contributed by atoms with Crippen LogP contribution < -0.4 is 5.32 Å². The van der Waals surface area contributed by atoms with E-state index in [-0.39, 0.29) is 41.6 Å². The van der Waals surface area contributed by atoms with Crippen molar-refractivity contribution < 1.29 is 23.9 Å². The maximum absolute atomic E-state index is 14.0. The van der Waals surface area contributed by atoms with Gasteiger partial charge in [0, 0.05) is 55.2 Å². The van der Waals surface area contributed by atoms with E-state index in [2.05, 4.69) is 27.3 Å². The maximum atomic E-state index is 14.0. The van der Waals surface area contributed by atoms with Crippen molar-refractivity contribution in [3.8, 4) is 11.1 Å². The number of amides is 2. The van der Waals surface area contributed by atoms with Crippen LogP contribution in [0.15, 0.2) is 24.5 Å². The van der Waals surface area contributed by atoms with Gasteiger partial charge < -0.3 is 19.7 Å². The Morgan fingerprint density at radius 1 is 1.05 bits per heavy atom. The smallest absolute Gasteiger partial charge is 0.245 e. The minimum atomic E-state index is -0.588. The van der Waals surface area contributed by atoms with Crippen LogP contribution in [0.2, 0.25) is 0 Å². The Bertz CT molecular complexity index is 1630. The topological polar surface area (TPSA) is 129 Å². The van der Waals surface area contributed by atoms with Crippen LogP contribution in [0.3, 0.4) is 0 Å². The highest BCUT2D eigenvalue weighted by atomic mass is 16.7. The maximum Gasteiger partial charge on any atom is 0.245 e. The second-order valence-electron chi connectivity index (χ2n) is 13.1. The Hall–Kier alpha value is -3.70. The molecular weight excluding hydrogens is 548 g/mol. The number of rotatable bonds is 6. The summed E-state index contributed by atoms with van der Waals surface area (Å²) >= 11 is 0. The molecule has 1 N–H and O–H groups in total. The molecule has 2 aliphatic heterocycles. The third-order valence-corrected chi connectivity index (χ3v) is 9.82. The monoisotopic (exact) mass is 586 g/mol. The Kier molecular flexibility index (Phi) is 6.66. The number of aryl methyl sites for hydroxylation is 2. The summed E-state index contributed by atoms with van der Waals surface area (Å²) in [6.07, 6.45) is 8.30. The number of ketones is 1. The Morgan fingerprint density at radius 3 is 2.51 bits per heavy atom. The van der Waals surface area contributed by atoms with Crippen molar-refractivity contribution in [1.82, 2.24) is 30.0 Å². The summed E-state index contributed by atoms with van der Waals surface area (Å²) in [6, 6.07) is 3.35. The van der Waals surface area contributed by atoms with Crippen LogP contribution in [0.5, 0.6) is 0 Å². The molecule has 11 nitrogen and oxygen atoms in total. The van der Waals surface area contributed by atoms with E-state index in [1.165, 1.54) is 6.92 Å². The molecular formula is C32H38N6O5. The number of likely N-dealkylation sites (tertiary alicyclic amines) is 1. The molecule has 43 heavy (non-hydrogen) atoms. The number of carbonyl (C=O) groups is 3. The van der Waals surface area contributed by atoms with Gasteiger partial charge in [-0.05, 0) is 68.2 Å². The molecule has 3 aromatic rings. The SMILES string of the molecule is CC(=O)c1nn(CC(=O)N2[C@H](C(=O)NC3CCCC4(C3)OCCO4)C[C@@]3(C)C[C@@H]23)c2c(C)cc(-c3cnc(C)nc3)cc12. The molecule has 2 aliphatic carbocycles. The molecule has 1 aromatic carbocycles. The van der Waals surface area contributed by atoms with Gasteiger partial charge in [-0.25, -0.2) is 9.97 Å². The van der Waals surface area contributed by atoms with Gasteiger partial charge in [-0.2, -0.15) is 5.10 Å². The van der Waals surface area contributed by atoms with Crippen LogP contribution in [-0.2, 0) is 25.6 Å². The molecule has 0 bridgehead atoms. The molecule has 2 aromatic heterocycles. The quantitative estimate of drug-likeness (QED) is 0.435. The first-order chi connectivity index (χ1) is 20.6. The lowest BCUT2D eigenvalue weighted by atomic mass is 9.89. The Balaban J connectivity index is 1.14. The summed E-state index contributed by atoms with van der Waals surface area (Å²) in [5.41, 5.74) is 3.59. The van der Waals surface area contributed by atoms with E-state index < -0.39 is 11.8 Å². The molecule has 7 rings (SSSR count). The van der Waals surface area contributed by atoms with Gasteiger partial charge in [0.25, 0.3) is 0 Å². The molecule has 4 fully saturated rings. The summed E-state index contributed by atoms with van der Waals surface area (Å²) in [6.45, 7) is 8.53. The van der Waals surface area contributed by atoms with E-state index >= 15 is 0 Å². The van der Waals surface area contributed by atoms with Crippen molar-refractivity contribution in [2.45, 2.75) is 96.7 Å². The van der Waals surface area contributed by atoms with E-state index in [0.717, 1.165) is 47.9 Å². The van der Waals surface area contributed by atoms with Crippen molar-refractivity contribution in [2.75, 3.05) is 13.2 Å². The number of nitrogens with zero attached hydrogens (tertiary/aromatic N) is 5. The summed E-state index contributed by atoms with van der Waals surface area (Å²) in [7, 11) is 0. The van der Waals surface area contributed by atoms with E-state index in [1.54, 1.807) is 22.0 Å². The number of ether oxygens (including phenoxy) is 2. The van der Waals surface area contributed by atoms with Crippen LogP contribution in [-0.4, -0.2) is 79.4 Å². The number of fused-ring (bicyclic) bond motifs is 2. The fraction of sp³-hybridized carbons (Fsp3) is 0.562. The predicted octanol–water partition coefficient (Wildman–Crippen LogP) is 3.49.